The highest BCUT2D eigenvalue weighted by Crippen LogP contribution is 2.37. The smallest absolute Gasteiger partial charge is 0.433 e. The third-order valence-corrected chi connectivity index (χ3v) is 5.86. The zero-order chi connectivity index (χ0) is 29.2. The number of esters is 1. The number of methoxy groups -OCH3 is 2. The quantitative estimate of drug-likeness (QED) is 0.246. The summed E-state index contributed by atoms with van der Waals surface area (Å²) < 4.78 is 83.1. The number of benzene rings is 2. The van der Waals surface area contributed by atoms with Crippen molar-refractivity contribution in [1.82, 2.24) is 14.9 Å². The van der Waals surface area contributed by atoms with Crippen LogP contribution in [0, 0.1) is 11.6 Å². The van der Waals surface area contributed by atoms with Gasteiger partial charge in [0.2, 0.25) is 5.89 Å². The van der Waals surface area contributed by atoms with Gasteiger partial charge in [0.15, 0.2) is 11.5 Å². The second-order valence-corrected chi connectivity index (χ2v) is 8.37. The minimum absolute atomic E-state index is 0.0531. The van der Waals surface area contributed by atoms with E-state index >= 15 is 0 Å². The number of fused-ring (bicyclic) bond motifs is 1. The van der Waals surface area contributed by atoms with Crippen molar-refractivity contribution in [3.63, 3.8) is 0 Å². The Bertz CT molecular complexity index is 1590. The number of alkyl halides is 3. The van der Waals surface area contributed by atoms with Gasteiger partial charge in [-0.2, -0.15) is 13.2 Å². The number of amides is 1. The Balaban J connectivity index is 1.79. The number of carbonyl (C=O) groups is 2. The molecule has 0 aliphatic rings. The first kappa shape index (κ1) is 28.4. The summed E-state index contributed by atoms with van der Waals surface area (Å²) in [5.74, 6) is -3.73. The van der Waals surface area contributed by atoms with Crippen LogP contribution in [0.15, 0.2) is 46.9 Å². The highest BCUT2D eigenvalue weighted by molar-refractivity contribution is 5.98. The molecule has 2 aromatic heterocycles. The molecule has 40 heavy (non-hydrogen) atoms. The van der Waals surface area contributed by atoms with Crippen molar-refractivity contribution in [2.45, 2.75) is 19.3 Å². The Labute approximate surface area is 223 Å². The molecule has 1 amide bonds. The van der Waals surface area contributed by atoms with Gasteiger partial charge in [0.25, 0.3) is 5.91 Å². The molecule has 2 aromatic carbocycles. The van der Waals surface area contributed by atoms with Crippen LogP contribution < -0.4 is 10.5 Å². The average Bonchev–Trinajstić information content (AvgIpc) is 3.36. The minimum atomic E-state index is -4.71. The van der Waals surface area contributed by atoms with E-state index in [1.54, 1.807) is 0 Å². The Morgan fingerprint density at radius 2 is 1.80 bits per heavy atom. The monoisotopic (exact) mass is 564 g/mol. The predicted octanol–water partition coefficient (Wildman–Crippen LogP) is 4.47. The summed E-state index contributed by atoms with van der Waals surface area (Å²) >= 11 is 0. The molecule has 0 fully saturated rings. The third kappa shape index (κ3) is 5.71. The van der Waals surface area contributed by atoms with Crippen LogP contribution >= 0.6 is 0 Å². The van der Waals surface area contributed by atoms with Gasteiger partial charge in [0, 0.05) is 29.1 Å². The molecule has 0 bridgehead atoms. The predicted molar refractivity (Wildman–Crippen MR) is 130 cm³/mol. The van der Waals surface area contributed by atoms with Gasteiger partial charge in [0.1, 0.15) is 35.1 Å². The fraction of sp³-hybridized carbons (Fsp3) is 0.231. The molecule has 0 saturated heterocycles. The molecule has 0 spiro atoms. The zero-order valence-corrected chi connectivity index (χ0v) is 21.0. The molecule has 0 radical (unpaired) electrons. The lowest BCUT2D eigenvalue weighted by Crippen LogP contribution is -2.36. The van der Waals surface area contributed by atoms with Gasteiger partial charge in [-0.1, -0.05) is 6.07 Å². The van der Waals surface area contributed by atoms with E-state index in [-0.39, 0.29) is 51.7 Å². The summed E-state index contributed by atoms with van der Waals surface area (Å²) in [4.78, 5) is 34.4. The van der Waals surface area contributed by atoms with Gasteiger partial charge in [-0.15, -0.1) is 0 Å². The van der Waals surface area contributed by atoms with Crippen molar-refractivity contribution in [2.24, 2.45) is 5.73 Å². The molecule has 0 unspecified atom stereocenters. The van der Waals surface area contributed by atoms with Gasteiger partial charge < -0.3 is 24.5 Å². The number of pyridine rings is 1. The van der Waals surface area contributed by atoms with Crippen LogP contribution in [0.3, 0.4) is 0 Å². The maximum Gasteiger partial charge on any atom is 0.433 e. The summed E-state index contributed by atoms with van der Waals surface area (Å²) in [7, 11) is 2.36. The normalized spacial score (nSPS) is 11.5. The highest BCUT2D eigenvalue weighted by atomic mass is 19.4. The zero-order valence-electron chi connectivity index (χ0n) is 21.0. The van der Waals surface area contributed by atoms with Crippen LogP contribution in [0.5, 0.6) is 5.75 Å². The molecular formula is C26H21F5N4O5. The molecule has 2 N–H and O–H groups in total. The lowest BCUT2D eigenvalue weighted by atomic mass is 10.1. The second-order valence-electron chi connectivity index (χ2n) is 8.37. The number of nitrogens with two attached hydrogens (primary N) is 1. The van der Waals surface area contributed by atoms with Gasteiger partial charge in [-0.05, 0) is 30.3 Å². The number of ether oxygens (including phenoxy) is 2. The number of nitrogens with zero attached hydrogens (tertiary/aromatic N) is 3. The second kappa shape index (κ2) is 11.3. The first-order valence-electron chi connectivity index (χ1n) is 11.5. The van der Waals surface area contributed by atoms with E-state index in [4.69, 9.17) is 14.9 Å². The van der Waals surface area contributed by atoms with Gasteiger partial charge in [-0.25, -0.2) is 18.7 Å². The molecule has 4 rings (SSSR count). The Kier molecular flexibility index (Phi) is 8.00. The van der Waals surface area contributed by atoms with E-state index in [9.17, 15) is 31.5 Å². The number of aromatic nitrogens is 2. The molecule has 9 nitrogen and oxygen atoms in total. The standard InChI is InChI=1S/C26H21F5N4O5/c1-38-18-7-5-16(15-6-8-20(26(29,30)31)33-22(15)18)24-34-23(19(10-32)40-24)25(37)35(12-21(36)39-2)11-13-3-4-14(27)9-17(13)28/h3-9H,10-12,32H2,1-2H3. The molecular weight excluding hydrogens is 543 g/mol. The minimum Gasteiger partial charge on any atom is -0.494 e. The lowest BCUT2D eigenvalue weighted by Gasteiger charge is -2.21. The Morgan fingerprint density at radius 3 is 2.42 bits per heavy atom. The average molecular weight is 564 g/mol. The van der Waals surface area contributed by atoms with Crippen molar-refractivity contribution < 1.29 is 45.4 Å². The molecule has 0 saturated carbocycles. The molecule has 0 aliphatic carbocycles. The maximum atomic E-state index is 14.3. The Morgan fingerprint density at radius 1 is 1.05 bits per heavy atom. The van der Waals surface area contributed by atoms with E-state index < -0.39 is 48.5 Å². The topological polar surface area (TPSA) is 121 Å². The van der Waals surface area contributed by atoms with E-state index in [2.05, 4.69) is 14.7 Å². The summed E-state index contributed by atoms with van der Waals surface area (Å²) in [6.07, 6.45) is -4.71. The molecule has 4 aromatic rings. The SMILES string of the molecule is COC(=O)CN(Cc1ccc(F)cc1F)C(=O)c1nc(-c2ccc(OC)c3nc(C(F)(F)F)ccc23)oc1CN. The van der Waals surface area contributed by atoms with E-state index in [1.165, 1.54) is 19.2 Å². The number of halogens is 5. The van der Waals surface area contributed by atoms with E-state index in [0.29, 0.717) is 6.07 Å². The summed E-state index contributed by atoms with van der Waals surface area (Å²) in [6.45, 7) is -1.40. The van der Waals surface area contributed by atoms with Crippen molar-refractivity contribution in [2.75, 3.05) is 20.8 Å². The van der Waals surface area contributed by atoms with Crippen LogP contribution in [-0.4, -0.2) is 47.5 Å². The molecule has 14 heteroatoms. The number of hydrogen-bond acceptors (Lipinski definition) is 8. The van der Waals surface area contributed by atoms with Gasteiger partial charge in [0.05, 0.1) is 20.8 Å². The Hall–Kier alpha value is -4.59. The van der Waals surface area contributed by atoms with Crippen LogP contribution in [0.25, 0.3) is 22.4 Å². The van der Waals surface area contributed by atoms with Crippen molar-refractivity contribution >= 4 is 22.8 Å². The first-order valence-corrected chi connectivity index (χ1v) is 11.5. The lowest BCUT2D eigenvalue weighted by molar-refractivity contribution is -0.142. The van der Waals surface area contributed by atoms with Gasteiger partial charge in [-0.3, -0.25) is 9.59 Å². The van der Waals surface area contributed by atoms with E-state index in [0.717, 1.165) is 36.3 Å². The highest BCUT2D eigenvalue weighted by Gasteiger charge is 2.33. The van der Waals surface area contributed by atoms with Crippen LogP contribution in [0.2, 0.25) is 0 Å². The largest absolute Gasteiger partial charge is 0.494 e. The first-order chi connectivity index (χ1) is 19.0. The number of rotatable bonds is 8. The van der Waals surface area contributed by atoms with Crippen LogP contribution in [0.1, 0.15) is 27.5 Å². The number of hydrogen-bond donors (Lipinski definition) is 1. The summed E-state index contributed by atoms with van der Waals surface area (Å²) in [6, 6.07) is 7.49. The fourth-order valence-corrected chi connectivity index (χ4v) is 3.90. The van der Waals surface area contributed by atoms with Crippen LogP contribution in [0.4, 0.5) is 22.0 Å². The molecule has 210 valence electrons. The third-order valence-electron chi connectivity index (χ3n) is 5.86. The van der Waals surface area contributed by atoms with Crippen molar-refractivity contribution in [1.29, 1.82) is 0 Å². The van der Waals surface area contributed by atoms with Gasteiger partial charge >= 0.3 is 12.1 Å². The molecule has 0 atom stereocenters. The summed E-state index contributed by atoms with van der Waals surface area (Å²) in [5, 5.41) is 0.177. The molecule has 0 aliphatic heterocycles. The maximum absolute atomic E-state index is 14.3. The number of oxazole rings is 1. The summed E-state index contributed by atoms with van der Waals surface area (Å²) in [5.41, 5.74) is 4.25. The molecule has 2 heterocycles. The van der Waals surface area contributed by atoms with Crippen LogP contribution in [-0.2, 0) is 28.8 Å². The van der Waals surface area contributed by atoms with Crippen molar-refractivity contribution in [3.05, 3.63) is 76.8 Å². The number of carbonyl (C=O) groups excluding carboxylic acids is 2. The fourth-order valence-electron chi connectivity index (χ4n) is 3.90. The van der Waals surface area contributed by atoms with Crippen molar-refractivity contribution in [3.8, 4) is 17.2 Å². The van der Waals surface area contributed by atoms with E-state index in [1.807, 2.05) is 0 Å².